The zero-order valence-corrected chi connectivity index (χ0v) is 12.0. The van der Waals surface area contributed by atoms with Crippen molar-refractivity contribution in [2.24, 2.45) is 7.05 Å². The van der Waals surface area contributed by atoms with Crippen molar-refractivity contribution in [3.63, 3.8) is 0 Å². The minimum absolute atomic E-state index is 0.598. The van der Waals surface area contributed by atoms with Crippen molar-refractivity contribution < 1.29 is 0 Å². The van der Waals surface area contributed by atoms with Crippen molar-refractivity contribution in [3.8, 4) is 0 Å². The van der Waals surface area contributed by atoms with E-state index in [0.717, 1.165) is 18.1 Å². The van der Waals surface area contributed by atoms with Crippen molar-refractivity contribution in [2.75, 3.05) is 13.1 Å². The van der Waals surface area contributed by atoms with E-state index < -0.39 is 0 Å². The van der Waals surface area contributed by atoms with Crippen LogP contribution in [0.25, 0.3) is 10.9 Å². The number of hydrogen-bond acceptors (Lipinski definition) is 1. The van der Waals surface area contributed by atoms with E-state index in [2.05, 4.69) is 38.9 Å². The van der Waals surface area contributed by atoms with Gasteiger partial charge in [0.1, 0.15) is 0 Å². The van der Waals surface area contributed by atoms with Crippen LogP contribution in [-0.4, -0.2) is 17.7 Å². The maximum atomic E-state index is 6.07. The molecule has 0 radical (unpaired) electrons. The summed E-state index contributed by atoms with van der Waals surface area (Å²) >= 11 is 9.82. The number of rotatable bonds is 1. The van der Waals surface area contributed by atoms with Crippen molar-refractivity contribution in [3.05, 3.63) is 33.4 Å². The van der Waals surface area contributed by atoms with E-state index in [4.69, 9.17) is 11.6 Å². The van der Waals surface area contributed by atoms with Gasteiger partial charge >= 0.3 is 0 Å². The Morgan fingerprint density at radius 3 is 3.00 bits per heavy atom. The van der Waals surface area contributed by atoms with Crippen LogP contribution in [0.3, 0.4) is 0 Å². The molecule has 1 saturated heterocycles. The van der Waals surface area contributed by atoms with Gasteiger partial charge < -0.3 is 9.88 Å². The first-order chi connectivity index (χ1) is 8.18. The SMILES string of the molecule is Cn1c(C2CCNC2)c(Br)c2ccc(Cl)cc21. The lowest BCUT2D eigenvalue weighted by Gasteiger charge is -2.11. The highest BCUT2D eigenvalue weighted by Gasteiger charge is 2.24. The number of fused-ring (bicyclic) bond motifs is 1. The van der Waals surface area contributed by atoms with Gasteiger partial charge in [-0.1, -0.05) is 17.7 Å². The van der Waals surface area contributed by atoms with Crippen LogP contribution in [0.2, 0.25) is 5.02 Å². The molecule has 1 aromatic carbocycles. The molecule has 1 unspecified atom stereocenters. The third-order valence-corrected chi connectivity index (χ3v) is 4.66. The van der Waals surface area contributed by atoms with Gasteiger partial charge in [-0.2, -0.15) is 0 Å². The molecule has 1 aliphatic rings. The summed E-state index contributed by atoms with van der Waals surface area (Å²) in [6.45, 7) is 2.18. The van der Waals surface area contributed by atoms with E-state index in [0.29, 0.717) is 5.92 Å². The number of benzene rings is 1. The van der Waals surface area contributed by atoms with Crippen LogP contribution in [0.5, 0.6) is 0 Å². The van der Waals surface area contributed by atoms with Crippen LogP contribution in [0, 0.1) is 0 Å². The molecule has 1 N–H and O–H groups in total. The summed E-state index contributed by atoms with van der Waals surface area (Å²) in [5.41, 5.74) is 2.58. The van der Waals surface area contributed by atoms with Crippen LogP contribution in [0.1, 0.15) is 18.0 Å². The van der Waals surface area contributed by atoms with Crippen LogP contribution < -0.4 is 5.32 Å². The summed E-state index contributed by atoms with van der Waals surface area (Å²) < 4.78 is 3.49. The molecule has 3 rings (SSSR count). The fourth-order valence-corrected chi connectivity index (χ4v) is 3.82. The van der Waals surface area contributed by atoms with E-state index in [1.165, 1.54) is 27.5 Å². The maximum Gasteiger partial charge on any atom is 0.0506 e. The molecule has 4 heteroatoms. The molecule has 1 atom stereocenters. The molecule has 90 valence electrons. The van der Waals surface area contributed by atoms with Gasteiger partial charge in [0.2, 0.25) is 0 Å². The predicted octanol–water partition coefficient (Wildman–Crippen LogP) is 3.67. The van der Waals surface area contributed by atoms with Crippen molar-refractivity contribution in [1.82, 2.24) is 9.88 Å². The number of hydrogen-bond donors (Lipinski definition) is 1. The van der Waals surface area contributed by atoms with Crippen LogP contribution in [-0.2, 0) is 7.05 Å². The van der Waals surface area contributed by atoms with E-state index in [1.54, 1.807) is 0 Å². The molecule has 2 nitrogen and oxygen atoms in total. The summed E-state index contributed by atoms with van der Waals surface area (Å²) in [6.07, 6.45) is 1.20. The van der Waals surface area contributed by atoms with Gasteiger partial charge in [-0.15, -0.1) is 0 Å². The minimum atomic E-state index is 0.598. The lowest BCUT2D eigenvalue weighted by molar-refractivity contribution is 0.690. The van der Waals surface area contributed by atoms with Gasteiger partial charge in [0.25, 0.3) is 0 Å². The van der Waals surface area contributed by atoms with E-state index in [-0.39, 0.29) is 0 Å². The smallest absolute Gasteiger partial charge is 0.0506 e. The highest BCUT2D eigenvalue weighted by atomic mass is 79.9. The predicted molar refractivity (Wildman–Crippen MR) is 75.9 cm³/mol. The molecule has 1 aliphatic heterocycles. The Morgan fingerprint density at radius 2 is 2.29 bits per heavy atom. The number of aromatic nitrogens is 1. The second kappa shape index (κ2) is 4.30. The molecule has 1 fully saturated rings. The molecule has 0 aliphatic carbocycles. The van der Waals surface area contributed by atoms with Crippen LogP contribution >= 0.6 is 27.5 Å². The lowest BCUT2D eigenvalue weighted by atomic mass is 10.0. The summed E-state index contributed by atoms with van der Waals surface area (Å²) in [7, 11) is 2.12. The van der Waals surface area contributed by atoms with E-state index >= 15 is 0 Å². The highest BCUT2D eigenvalue weighted by molar-refractivity contribution is 9.10. The largest absolute Gasteiger partial charge is 0.346 e. The van der Waals surface area contributed by atoms with Gasteiger partial charge in [-0.05, 0) is 41.0 Å². The molecule has 2 aromatic rings. The highest BCUT2D eigenvalue weighted by Crippen LogP contribution is 2.37. The Kier molecular flexibility index (Phi) is 2.93. The topological polar surface area (TPSA) is 17.0 Å². The molecule has 0 bridgehead atoms. The third kappa shape index (κ3) is 1.81. The molecule has 2 heterocycles. The number of halogens is 2. The molecular weight excluding hydrogens is 300 g/mol. The first-order valence-corrected chi connectivity index (χ1v) is 6.99. The maximum absolute atomic E-state index is 6.07. The summed E-state index contributed by atoms with van der Waals surface area (Å²) in [5.74, 6) is 0.598. The zero-order valence-electron chi connectivity index (χ0n) is 9.63. The number of aryl methyl sites for hydroxylation is 1. The molecule has 0 amide bonds. The second-order valence-electron chi connectivity index (χ2n) is 4.61. The van der Waals surface area contributed by atoms with Crippen LogP contribution in [0.15, 0.2) is 22.7 Å². The normalized spacial score (nSPS) is 20.3. The van der Waals surface area contributed by atoms with Gasteiger partial charge in [-0.3, -0.25) is 0 Å². The standard InChI is InChI=1S/C13H14BrClN2/c1-17-11-6-9(15)2-3-10(11)12(14)13(17)8-4-5-16-7-8/h2-3,6,8,16H,4-5,7H2,1H3. The van der Waals surface area contributed by atoms with E-state index in [1.807, 2.05) is 12.1 Å². The molecule has 0 saturated carbocycles. The second-order valence-corrected chi connectivity index (χ2v) is 5.84. The van der Waals surface area contributed by atoms with Crippen LogP contribution in [0.4, 0.5) is 0 Å². The number of nitrogens with one attached hydrogen (secondary N) is 1. The summed E-state index contributed by atoms with van der Waals surface area (Å²) in [4.78, 5) is 0. The Morgan fingerprint density at radius 1 is 1.47 bits per heavy atom. The summed E-state index contributed by atoms with van der Waals surface area (Å²) in [5, 5.41) is 5.46. The first kappa shape index (κ1) is 11.6. The van der Waals surface area contributed by atoms with Crippen molar-refractivity contribution in [2.45, 2.75) is 12.3 Å². The third-order valence-electron chi connectivity index (χ3n) is 3.59. The Hall–Kier alpha value is -0.510. The summed E-state index contributed by atoms with van der Waals surface area (Å²) in [6, 6.07) is 6.08. The quantitative estimate of drug-likeness (QED) is 0.850. The monoisotopic (exact) mass is 312 g/mol. The van der Waals surface area contributed by atoms with Gasteiger partial charge in [-0.25, -0.2) is 0 Å². The fourth-order valence-electron chi connectivity index (χ4n) is 2.72. The average Bonchev–Trinajstić information content (AvgIpc) is 2.88. The van der Waals surface area contributed by atoms with Gasteiger partial charge in [0.05, 0.1) is 5.52 Å². The molecule has 17 heavy (non-hydrogen) atoms. The molecule has 1 aromatic heterocycles. The first-order valence-electron chi connectivity index (χ1n) is 5.82. The molecule has 0 spiro atoms. The lowest BCUT2D eigenvalue weighted by Crippen LogP contribution is -2.10. The Labute approximate surface area is 114 Å². The minimum Gasteiger partial charge on any atom is -0.346 e. The zero-order chi connectivity index (χ0) is 12.0. The average molecular weight is 314 g/mol. The van der Waals surface area contributed by atoms with Gasteiger partial charge in [0.15, 0.2) is 0 Å². The van der Waals surface area contributed by atoms with Gasteiger partial charge in [0, 0.05) is 40.1 Å². The Bertz CT molecular complexity index is 570. The van der Waals surface area contributed by atoms with E-state index in [9.17, 15) is 0 Å². The fraction of sp³-hybridized carbons (Fsp3) is 0.385. The van der Waals surface area contributed by atoms with Crippen molar-refractivity contribution in [1.29, 1.82) is 0 Å². The van der Waals surface area contributed by atoms with Crippen molar-refractivity contribution >= 4 is 38.4 Å². The Balaban J connectivity index is 2.24. The number of nitrogens with zero attached hydrogens (tertiary/aromatic N) is 1. The molecular formula is C13H14BrClN2.